The normalized spacial score (nSPS) is 32.1. The predicted molar refractivity (Wildman–Crippen MR) is 105 cm³/mol. The van der Waals surface area contributed by atoms with Crippen LogP contribution in [0.15, 0.2) is 0 Å². The molecule has 0 aromatic carbocycles. The van der Waals surface area contributed by atoms with Gasteiger partial charge in [0.15, 0.2) is 0 Å². The molecular formula is C21H36N2O5. The number of nitrogens with one attached hydrogen (secondary N) is 1. The van der Waals surface area contributed by atoms with Crippen LogP contribution in [0.5, 0.6) is 0 Å². The van der Waals surface area contributed by atoms with Crippen molar-refractivity contribution in [1.82, 2.24) is 10.2 Å². The van der Waals surface area contributed by atoms with Gasteiger partial charge in [-0.05, 0) is 31.6 Å². The maximum atomic E-state index is 12.4. The number of nitrogens with zero attached hydrogens (tertiary/aromatic N) is 1. The zero-order chi connectivity index (χ0) is 19.9. The molecule has 2 saturated heterocycles. The number of β-amino-alcohol motifs (C(OH)–C–C–N with tert-alkyl or cyclic N) is 1. The van der Waals surface area contributed by atoms with E-state index in [-0.39, 0.29) is 43.2 Å². The van der Waals surface area contributed by atoms with Crippen LogP contribution in [0.3, 0.4) is 0 Å². The maximum absolute atomic E-state index is 12.4. The molecule has 0 unspecified atom stereocenters. The maximum Gasteiger partial charge on any atom is 0.222 e. The summed E-state index contributed by atoms with van der Waals surface area (Å²) in [5, 5.41) is 13.1. The number of amides is 2. The zero-order valence-corrected chi connectivity index (χ0v) is 17.1. The van der Waals surface area contributed by atoms with E-state index in [0.29, 0.717) is 25.4 Å². The highest BCUT2D eigenvalue weighted by Gasteiger charge is 2.39. The van der Waals surface area contributed by atoms with E-state index in [4.69, 9.17) is 9.47 Å². The average Bonchev–Trinajstić information content (AvgIpc) is 2.70. The highest BCUT2D eigenvalue weighted by molar-refractivity contribution is 5.77. The third-order valence-corrected chi connectivity index (χ3v) is 6.33. The molecule has 4 atom stereocenters. The summed E-state index contributed by atoms with van der Waals surface area (Å²) in [5.41, 5.74) is 0. The van der Waals surface area contributed by atoms with Gasteiger partial charge in [-0.25, -0.2) is 0 Å². The van der Waals surface area contributed by atoms with Crippen molar-refractivity contribution in [3.8, 4) is 0 Å². The van der Waals surface area contributed by atoms with Crippen LogP contribution < -0.4 is 5.32 Å². The van der Waals surface area contributed by atoms with Crippen LogP contribution >= 0.6 is 0 Å². The molecule has 3 aliphatic rings. The Balaban J connectivity index is 1.50. The second-order valence-electron chi connectivity index (χ2n) is 8.54. The molecule has 0 aromatic rings. The van der Waals surface area contributed by atoms with Gasteiger partial charge in [-0.2, -0.15) is 0 Å². The van der Waals surface area contributed by atoms with Crippen molar-refractivity contribution in [1.29, 1.82) is 0 Å². The first-order valence-corrected chi connectivity index (χ1v) is 11.0. The number of carbonyl (C=O) groups is 2. The minimum Gasteiger partial charge on any atom is -0.389 e. The quantitative estimate of drug-likeness (QED) is 0.737. The van der Waals surface area contributed by atoms with Gasteiger partial charge < -0.3 is 24.8 Å². The van der Waals surface area contributed by atoms with Gasteiger partial charge in [0.25, 0.3) is 0 Å². The van der Waals surface area contributed by atoms with Crippen molar-refractivity contribution < 1.29 is 24.2 Å². The Bertz CT molecular complexity index is 523. The van der Waals surface area contributed by atoms with E-state index in [1.807, 2.05) is 6.92 Å². The molecule has 2 N–H and O–H groups in total. The summed E-state index contributed by atoms with van der Waals surface area (Å²) < 4.78 is 11.8. The lowest BCUT2D eigenvalue weighted by molar-refractivity contribution is -0.169. The molecule has 2 amide bonds. The van der Waals surface area contributed by atoms with E-state index in [1.54, 1.807) is 4.90 Å². The number of aliphatic hydroxyl groups is 1. The topological polar surface area (TPSA) is 88.1 Å². The van der Waals surface area contributed by atoms with E-state index in [9.17, 15) is 14.7 Å². The Kier molecular flexibility index (Phi) is 8.11. The monoisotopic (exact) mass is 396 g/mol. The number of carbonyl (C=O) groups excluding carboxylic acids is 2. The molecule has 160 valence electrons. The molecular weight excluding hydrogens is 360 g/mol. The fourth-order valence-corrected chi connectivity index (χ4v) is 4.76. The first-order chi connectivity index (χ1) is 13.6. The second-order valence-corrected chi connectivity index (χ2v) is 8.54. The van der Waals surface area contributed by atoms with Crippen molar-refractivity contribution in [2.45, 2.75) is 89.1 Å². The molecule has 7 heteroatoms. The van der Waals surface area contributed by atoms with Crippen LogP contribution in [0.25, 0.3) is 0 Å². The van der Waals surface area contributed by atoms with Gasteiger partial charge in [-0.1, -0.05) is 26.2 Å². The Morgan fingerprint density at radius 1 is 1.11 bits per heavy atom. The second kappa shape index (κ2) is 10.6. The fourth-order valence-electron chi connectivity index (χ4n) is 4.76. The standard InChI is InChI=1S/C21H36N2O5/c1-2-21(26)23-12-16(24)13-27-14-19-18(23)9-8-17(28-19)10-20(25)22-11-15-6-4-3-5-7-15/h15-19,24H,2-14H2,1H3,(H,22,25)/t16-,17+,18-,19+/m0/s1. The molecule has 2 aliphatic heterocycles. The molecule has 0 radical (unpaired) electrons. The summed E-state index contributed by atoms with van der Waals surface area (Å²) in [6.45, 7) is 3.44. The molecule has 28 heavy (non-hydrogen) atoms. The van der Waals surface area contributed by atoms with Gasteiger partial charge in [0, 0.05) is 19.5 Å². The van der Waals surface area contributed by atoms with Crippen molar-refractivity contribution >= 4 is 11.8 Å². The lowest BCUT2D eigenvalue weighted by atomic mass is 9.89. The minimum absolute atomic E-state index is 0.0308. The summed E-state index contributed by atoms with van der Waals surface area (Å²) in [6, 6.07) is -0.0936. The molecule has 1 aliphatic carbocycles. The van der Waals surface area contributed by atoms with Crippen LogP contribution in [-0.4, -0.2) is 72.5 Å². The molecule has 1 saturated carbocycles. The smallest absolute Gasteiger partial charge is 0.222 e. The highest BCUT2D eigenvalue weighted by Crippen LogP contribution is 2.28. The van der Waals surface area contributed by atoms with E-state index in [1.165, 1.54) is 32.1 Å². The summed E-state index contributed by atoms with van der Waals surface area (Å²) in [7, 11) is 0. The minimum atomic E-state index is -0.667. The third kappa shape index (κ3) is 5.91. The Morgan fingerprint density at radius 3 is 2.64 bits per heavy atom. The van der Waals surface area contributed by atoms with Crippen molar-refractivity contribution in [2.75, 3.05) is 26.3 Å². The lowest BCUT2D eigenvalue weighted by Gasteiger charge is -2.44. The average molecular weight is 397 g/mol. The number of hydrogen-bond acceptors (Lipinski definition) is 5. The molecule has 0 aromatic heterocycles. The van der Waals surface area contributed by atoms with Crippen LogP contribution in [0.2, 0.25) is 0 Å². The van der Waals surface area contributed by atoms with E-state index in [0.717, 1.165) is 19.4 Å². The van der Waals surface area contributed by atoms with Crippen LogP contribution in [0.4, 0.5) is 0 Å². The lowest BCUT2D eigenvalue weighted by Crippen LogP contribution is -2.57. The Labute approximate surface area is 168 Å². The first kappa shape index (κ1) is 21.5. The number of ether oxygens (including phenoxy) is 2. The predicted octanol–water partition coefficient (Wildman–Crippen LogP) is 1.62. The fraction of sp³-hybridized carbons (Fsp3) is 0.905. The van der Waals surface area contributed by atoms with E-state index in [2.05, 4.69) is 5.32 Å². The number of rotatable bonds is 5. The molecule has 0 bridgehead atoms. The van der Waals surface area contributed by atoms with Crippen molar-refractivity contribution in [2.24, 2.45) is 5.92 Å². The van der Waals surface area contributed by atoms with Crippen LogP contribution in [0.1, 0.15) is 64.7 Å². The highest BCUT2D eigenvalue weighted by atomic mass is 16.5. The summed E-state index contributed by atoms with van der Waals surface area (Å²) in [5.74, 6) is 0.703. The summed E-state index contributed by atoms with van der Waals surface area (Å²) in [4.78, 5) is 26.5. The van der Waals surface area contributed by atoms with Gasteiger partial charge in [0.1, 0.15) is 6.10 Å². The summed E-state index contributed by atoms with van der Waals surface area (Å²) >= 11 is 0. The molecule has 0 spiro atoms. The molecule has 2 heterocycles. The van der Waals surface area contributed by atoms with Gasteiger partial charge >= 0.3 is 0 Å². The molecule has 3 rings (SSSR count). The Hall–Kier alpha value is -1.18. The SMILES string of the molecule is CCC(=O)N1C[C@H](O)COC[C@H]2O[C@@H](CC(=O)NCC3CCCCC3)CC[C@@H]21. The van der Waals surface area contributed by atoms with Gasteiger partial charge in [0.2, 0.25) is 11.8 Å². The van der Waals surface area contributed by atoms with Gasteiger partial charge in [0.05, 0.1) is 37.9 Å². The number of hydrogen-bond donors (Lipinski definition) is 2. The van der Waals surface area contributed by atoms with E-state index >= 15 is 0 Å². The van der Waals surface area contributed by atoms with Crippen molar-refractivity contribution in [3.05, 3.63) is 0 Å². The third-order valence-electron chi connectivity index (χ3n) is 6.33. The van der Waals surface area contributed by atoms with Crippen molar-refractivity contribution in [3.63, 3.8) is 0 Å². The van der Waals surface area contributed by atoms with Gasteiger partial charge in [-0.3, -0.25) is 9.59 Å². The van der Waals surface area contributed by atoms with E-state index < -0.39 is 6.10 Å². The summed E-state index contributed by atoms with van der Waals surface area (Å²) in [6.07, 6.45) is 7.53. The Morgan fingerprint density at radius 2 is 1.89 bits per heavy atom. The van der Waals surface area contributed by atoms with Gasteiger partial charge in [-0.15, -0.1) is 0 Å². The molecule has 7 nitrogen and oxygen atoms in total. The number of aliphatic hydroxyl groups excluding tert-OH is 1. The van der Waals surface area contributed by atoms with Crippen LogP contribution in [0, 0.1) is 5.92 Å². The largest absolute Gasteiger partial charge is 0.389 e. The first-order valence-electron chi connectivity index (χ1n) is 11.0. The molecule has 3 fully saturated rings. The number of fused-ring (bicyclic) bond motifs is 1. The zero-order valence-electron chi connectivity index (χ0n) is 17.1. The van der Waals surface area contributed by atoms with Crippen LogP contribution in [-0.2, 0) is 19.1 Å².